The lowest BCUT2D eigenvalue weighted by molar-refractivity contribution is -0.124. The number of nitrogens with zero attached hydrogens (tertiary/aromatic N) is 3. The Balaban J connectivity index is 1.17. The fraction of sp³-hybridized carbons (Fsp3) is 0.280. The van der Waals surface area contributed by atoms with E-state index in [2.05, 4.69) is 20.6 Å². The molecule has 4 aromatic rings. The Morgan fingerprint density at radius 3 is 2.89 bits per heavy atom. The molecule has 9 nitrogen and oxygen atoms in total. The molecule has 0 bridgehead atoms. The highest BCUT2D eigenvalue weighted by atomic mass is 32.1. The van der Waals surface area contributed by atoms with Gasteiger partial charge in [-0.1, -0.05) is 0 Å². The number of benzene rings is 1. The summed E-state index contributed by atoms with van der Waals surface area (Å²) in [6.07, 6.45) is 4.95. The van der Waals surface area contributed by atoms with Gasteiger partial charge < -0.3 is 21.1 Å². The molecular weight excluding hydrogens is 483 g/mol. The van der Waals surface area contributed by atoms with Crippen LogP contribution in [0.4, 0.5) is 15.9 Å². The average Bonchev–Trinajstić information content (AvgIpc) is 3.49. The van der Waals surface area contributed by atoms with Gasteiger partial charge in [-0.05, 0) is 49.2 Å². The lowest BCUT2D eigenvalue weighted by Crippen LogP contribution is -2.36. The number of ether oxygens (including phenoxy) is 1. The van der Waals surface area contributed by atoms with E-state index in [1.165, 1.54) is 22.9 Å². The number of nitrogens with two attached hydrogens (primary N) is 1. The van der Waals surface area contributed by atoms with Crippen LogP contribution in [0, 0.1) is 5.82 Å². The molecule has 186 valence electrons. The van der Waals surface area contributed by atoms with Crippen LogP contribution in [0.3, 0.4) is 0 Å². The van der Waals surface area contributed by atoms with Crippen molar-refractivity contribution in [2.24, 2.45) is 0 Å². The van der Waals surface area contributed by atoms with Crippen molar-refractivity contribution in [2.45, 2.75) is 31.8 Å². The molecule has 1 aliphatic heterocycles. The topological polar surface area (TPSA) is 124 Å². The van der Waals surface area contributed by atoms with Crippen molar-refractivity contribution in [2.75, 3.05) is 24.2 Å². The Morgan fingerprint density at radius 1 is 1.22 bits per heavy atom. The highest BCUT2D eigenvalue weighted by Gasteiger charge is 2.31. The fourth-order valence-corrected chi connectivity index (χ4v) is 5.20. The molecule has 0 fully saturated rings. The van der Waals surface area contributed by atoms with E-state index in [-0.39, 0.29) is 17.3 Å². The van der Waals surface area contributed by atoms with E-state index in [9.17, 15) is 14.0 Å². The first-order valence-corrected chi connectivity index (χ1v) is 12.4. The van der Waals surface area contributed by atoms with E-state index in [1.54, 1.807) is 29.7 Å². The van der Waals surface area contributed by atoms with Crippen molar-refractivity contribution < 1.29 is 13.9 Å². The lowest BCUT2D eigenvalue weighted by atomic mass is 10.2. The van der Waals surface area contributed by atoms with Crippen molar-refractivity contribution in [3.8, 4) is 5.75 Å². The lowest BCUT2D eigenvalue weighted by Gasteiger charge is -2.15. The first kappa shape index (κ1) is 23.7. The second-order valence-corrected chi connectivity index (χ2v) is 9.65. The van der Waals surface area contributed by atoms with Gasteiger partial charge in [-0.3, -0.25) is 14.2 Å². The third-order valence-corrected chi connectivity index (χ3v) is 7.05. The number of rotatable bonds is 9. The van der Waals surface area contributed by atoms with Crippen LogP contribution in [0.2, 0.25) is 0 Å². The van der Waals surface area contributed by atoms with Crippen molar-refractivity contribution in [3.05, 3.63) is 75.7 Å². The molecule has 0 radical (unpaired) electrons. The van der Waals surface area contributed by atoms with Gasteiger partial charge in [0.15, 0.2) is 0 Å². The minimum atomic E-state index is -0.602. The Bertz CT molecular complexity index is 1450. The van der Waals surface area contributed by atoms with Crippen LogP contribution in [0.15, 0.2) is 53.6 Å². The molecule has 4 heterocycles. The third-order valence-electron chi connectivity index (χ3n) is 5.96. The number of amides is 1. The second kappa shape index (κ2) is 10.3. The number of pyridine rings is 1. The smallest absolute Gasteiger partial charge is 0.277 e. The third kappa shape index (κ3) is 5.15. The molecule has 1 amide bonds. The first-order chi connectivity index (χ1) is 17.5. The molecule has 0 saturated carbocycles. The van der Waals surface area contributed by atoms with Gasteiger partial charge in [-0.15, -0.1) is 11.3 Å². The van der Waals surface area contributed by atoms with Crippen LogP contribution in [0.25, 0.3) is 10.1 Å². The van der Waals surface area contributed by atoms with E-state index in [0.29, 0.717) is 62.0 Å². The normalized spacial score (nSPS) is 14.5. The van der Waals surface area contributed by atoms with Crippen LogP contribution < -0.4 is 26.7 Å². The highest BCUT2D eigenvalue weighted by molar-refractivity contribution is 7.19. The summed E-state index contributed by atoms with van der Waals surface area (Å²) in [6.45, 7) is 1.25. The van der Waals surface area contributed by atoms with E-state index in [4.69, 9.17) is 10.5 Å². The van der Waals surface area contributed by atoms with Crippen LogP contribution >= 0.6 is 11.3 Å². The summed E-state index contributed by atoms with van der Waals surface area (Å²) < 4.78 is 21.0. The average molecular weight is 509 g/mol. The zero-order chi connectivity index (χ0) is 25.1. The molecule has 3 aromatic heterocycles. The van der Waals surface area contributed by atoms with Crippen molar-refractivity contribution in [1.82, 2.24) is 19.9 Å². The van der Waals surface area contributed by atoms with Gasteiger partial charge >= 0.3 is 0 Å². The zero-order valence-corrected chi connectivity index (χ0v) is 20.2. The summed E-state index contributed by atoms with van der Waals surface area (Å²) >= 11 is 1.55. The molecule has 1 aromatic carbocycles. The maximum absolute atomic E-state index is 13.1. The van der Waals surface area contributed by atoms with E-state index in [0.717, 1.165) is 15.0 Å². The number of thiophene rings is 1. The minimum absolute atomic E-state index is 0.211. The number of hydrogen-bond acceptors (Lipinski definition) is 8. The largest absolute Gasteiger partial charge is 0.494 e. The highest BCUT2D eigenvalue weighted by Crippen LogP contribution is 2.27. The van der Waals surface area contributed by atoms with Crippen molar-refractivity contribution in [1.29, 1.82) is 0 Å². The van der Waals surface area contributed by atoms with Crippen molar-refractivity contribution in [3.63, 3.8) is 0 Å². The summed E-state index contributed by atoms with van der Waals surface area (Å²) in [5, 5.41) is 7.02. The summed E-state index contributed by atoms with van der Waals surface area (Å²) in [6, 6.07) is 9.01. The SMILES string of the molecule is Nc1cc2sc(CNC(=O)[C@@H]3CCc4ncc(NCCCOc5ccc(F)cc5)c(=O)n43)cc2cn1. The number of carbonyl (C=O) groups is 1. The number of carbonyl (C=O) groups excluding carboxylic acids is 1. The Hall–Kier alpha value is -3.99. The number of nitrogens with one attached hydrogen (secondary N) is 2. The molecule has 4 N–H and O–H groups in total. The van der Waals surface area contributed by atoms with Gasteiger partial charge in [0.05, 0.1) is 19.3 Å². The molecule has 0 spiro atoms. The molecule has 11 heteroatoms. The molecule has 0 unspecified atom stereocenters. The molecule has 5 rings (SSSR count). The first-order valence-electron chi connectivity index (χ1n) is 11.6. The maximum atomic E-state index is 13.1. The number of hydrogen-bond donors (Lipinski definition) is 3. The van der Waals surface area contributed by atoms with Gasteiger partial charge in [0.2, 0.25) is 5.91 Å². The Labute approximate surface area is 210 Å². The van der Waals surface area contributed by atoms with Crippen molar-refractivity contribution >= 4 is 38.8 Å². The van der Waals surface area contributed by atoms with Gasteiger partial charge in [-0.2, -0.15) is 0 Å². The second-order valence-electron chi connectivity index (χ2n) is 8.48. The molecule has 1 atom stereocenters. The number of aryl methyl sites for hydroxylation is 1. The quantitative estimate of drug-likeness (QED) is 0.297. The Kier molecular flexibility index (Phi) is 6.81. The predicted molar refractivity (Wildman–Crippen MR) is 137 cm³/mol. The molecule has 0 saturated heterocycles. The number of aromatic nitrogens is 3. The standard InChI is InChI=1S/C25H25FN6O3S/c26-16-2-4-17(5-3-16)35-9-1-8-28-19-14-30-23-7-6-20(32(23)25(19)34)24(33)31-13-18-10-15-12-29-22(27)11-21(15)36-18/h2-5,10-12,14,20,28H,1,6-9,13H2,(H2,27,29)(H,31,33)/t20-/m0/s1. The summed E-state index contributed by atoms with van der Waals surface area (Å²) in [5.74, 6) is 1.12. The zero-order valence-electron chi connectivity index (χ0n) is 19.4. The summed E-state index contributed by atoms with van der Waals surface area (Å²) in [7, 11) is 0. The fourth-order valence-electron chi connectivity index (χ4n) is 4.17. The number of fused-ring (bicyclic) bond motifs is 2. The van der Waals surface area contributed by atoms with Gasteiger partial charge in [0.25, 0.3) is 5.56 Å². The van der Waals surface area contributed by atoms with Crippen LogP contribution in [-0.4, -0.2) is 33.6 Å². The van der Waals surface area contributed by atoms with E-state index >= 15 is 0 Å². The van der Waals surface area contributed by atoms with E-state index < -0.39 is 6.04 Å². The predicted octanol–water partition coefficient (Wildman–Crippen LogP) is 3.26. The number of halogens is 1. The minimum Gasteiger partial charge on any atom is -0.494 e. The molecule has 0 aliphatic carbocycles. The monoisotopic (exact) mass is 508 g/mol. The van der Waals surface area contributed by atoms with Crippen LogP contribution in [0.1, 0.15) is 29.6 Å². The van der Waals surface area contributed by atoms with Gasteiger partial charge in [-0.25, -0.2) is 14.4 Å². The van der Waals surface area contributed by atoms with Gasteiger partial charge in [0, 0.05) is 34.1 Å². The number of nitrogen functional groups attached to an aromatic ring is 1. The van der Waals surface area contributed by atoms with E-state index in [1.807, 2.05) is 12.1 Å². The molecule has 1 aliphatic rings. The summed E-state index contributed by atoms with van der Waals surface area (Å²) in [4.78, 5) is 35.6. The molecular formula is C25H25FN6O3S. The van der Waals surface area contributed by atoms with Gasteiger partial charge in [0.1, 0.15) is 34.9 Å². The summed E-state index contributed by atoms with van der Waals surface area (Å²) in [5.41, 5.74) is 5.83. The maximum Gasteiger partial charge on any atom is 0.277 e. The molecule has 36 heavy (non-hydrogen) atoms. The Morgan fingerprint density at radius 2 is 2.06 bits per heavy atom. The number of anilines is 2. The van der Waals surface area contributed by atoms with Crippen LogP contribution in [0.5, 0.6) is 5.75 Å². The van der Waals surface area contributed by atoms with Crippen LogP contribution in [-0.2, 0) is 17.8 Å².